The SMILES string of the molecule is CCOc1ccc(C2C(C(=O)c3cccs3)=C(O)C(=O)N2c2nnc(SCc3ccccc3Cl)s2)cc1OCC. The zero-order valence-electron chi connectivity index (χ0n) is 21.5. The first-order chi connectivity index (χ1) is 19.4. The first kappa shape index (κ1) is 28.2. The van der Waals surface area contributed by atoms with E-state index in [9.17, 15) is 14.7 Å². The Kier molecular flexibility index (Phi) is 8.75. The molecule has 0 radical (unpaired) electrons. The molecule has 1 aliphatic heterocycles. The fourth-order valence-electron chi connectivity index (χ4n) is 4.24. The van der Waals surface area contributed by atoms with Crippen LogP contribution in [0, 0.1) is 0 Å². The summed E-state index contributed by atoms with van der Waals surface area (Å²) in [6.07, 6.45) is 0. The van der Waals surface area contributed by atoms with Gasteiger partial charge in [-0.1, -0.05) is 65.0 Å². The number of amides is 1. The Labute approximate surface area is 248 Å². The van der Waals surface area contributed by atoms with E-state index in [4.69, 9.17) is 21.1 Å². The fraction of sp³-hybridized carbons (Fsp3) is 0.214. The van der Waals surface area contributed by atoms with Gasteiger partial charge in [-0.25, -0.2) is 0 Å². The molecule has 1 amide bonds. The van der Waals surface area contributed by atoms with E-state index in [-0.39, 0.29) is 10.7 Å². The second-order valence-corrected chi connectivity index (χ2v) is 12.0. The number of carbonyl (C=O) groups excluding carboxylic acids is 2. The molecule has 1 N–H and O–H groups in total. The highest BCUT2D eigenvalue weighted by atomic mass is 35.5. The molecular formula is C28H24ClN3O5S3. The van der Waals surface area contributed by atoms with E-state index in [1.54, 1.807) is 35.7 Å². The molecule has 3 heterocycles. The van der Waals surface area contributed by atoms with Crippen molar-refractivity contribution in [2.45, 2.75) is 30.0 Å². The molecule has 1 unspecified atom stereocenters. The molecule has 2 aromatic heterocycles. The van der Waals surface area contributed by atoms with Crippen LogP contribution in [0.15, 0.2) is 75.6 Å². The Hall–Kier alpha value is -3.38. The van der Waals surface area contributed by atoms with E-state index in [0.29, 0.717) is 50.3 Å². The molecule has 40 heavy (non-hydrogen) atoms. The lowest BCUT2D eigenvalue weighted by Crippen LogP contribution is -2.31. The molecule has 1 atom stereocenters. The molecule has 0 bridgehead atoms. The topological polar surface area (TPSA) is 102 Å². The average molecular weight is 614 g/mol. The highest BCUT2D eigenvalue weighted by Crippen LogP contribution is 2.46. The van der Waals surface area contributed by atoms with Crippen LogP contribution in [0.5, 0.6) is 11.5 Å². The zero-order valence-corrected chi connectivity index (χ0v) is 24.7. The molecule has 0 spiro atoms. The summed E-state index contributed by atoms with van der Waals surface area (Å²) < 4.78 is 12.1. The summed E-state index contributed by atoms with van der Waals surface area (Å²) in [5.74, 6) is -0.202. The molecule has 5 rings (SSSR count). The molecule has 0 saturated heterocycles. The van der Waals surface area contributed by atoms with E-state index in [1.165, 1.54) is 39.3 Å². The number of benzene rings is 2. The van der Waals surface area contributed by atoms with Crippen LogP contribution in [0.25, 0.3) is 0 Å². The average Bonchev–Trinajstić information content (AvgIpc) is 3.70. The number of halogens is 1. The fourth-order valence-corrected chi connectivity index (χ4v) is 7.07. The van der Waals surface area contributed by atoms with Gasteiger partial charge in [0, 0.05) is 10.8 Å². The number of aliphatic hydroxyl groups is 1. The monoisotopic (exact) mass is 613 g/mol. The number of hydrogen-bond acceptors (Lipinski definition) is 10. The quantitative estimate of drug-likeness (QED) is 0.108. The molecule has 206 valence electrons. The van der Waals surface area contributed by atoms with Crippen LogP contribution in [0.1, 0.15) is 40.7 Å². The maximum atomic E-state index is 13.6. The second-order valence-electron chi connectivity index (χ2n) is 8.45. The van der Waals surface area contributed by atoms with Crippen LogP contribution in [-0.4, -0.2) is 40.2 Å². The standard InChI is InChI=1S/C28H24ClN3O5S3/c1-3-36-19-12-11-16(14-20(19)37-4-2)23-22(24(33)21-10-7-13-38-21)25(34)26(35)32(23)27-30-31-28(40-27)39-15-17-8-5-6-9-18(17)29/h5-14,23,34H,3-4,15H2,1-2H3. The van der Waals surface area contributed by atoms with Crippen molar-refractivity contribution in [3.05, 3.63) is 92.3 Å². The summed E-state index contributed by atoms with van der Waals surface area (Å²) in [5.41, 5.74) is 1.48. The van der Waals surface area contributed by atoms with E-state index in [2.05, 4.69) is 10.2 Å². The molecule has 8 nitrogen and oxygen atoms in total. The zero-order chi connectivity index (χ0) is 28.2. The minimum atomic E-state index is -0.952. The van der Waals surface area contributed by atoms with E-state index in [1.807, 2.05) is 38.1 Å². The minimum absolute atomic E-state index is 0.0282. The molecule has 0 saturated carbocycles. The van der Waals surface area contributed by atoms with Crippen LogP contribution >= 0.6 is 46.0 Å². The maximum absolute atomic E-state index is 13.6. The van der Waals surface area contributed by atoms with Gasteiger partial charge < -0.3 is 14.6 Å². The van der Waals surface area contributed by atoms with Gasteiger partial charge >= 0.3 is 0 Å². The van der Waals surface area contributed by atoms with Crippen molar-refractivity contribution in [1.29, 1.82) is 0 Å². The summed E-state index contributed by atoms with van der Waals surface area (Å²) in [7, 11) is 0. The summed E-state index contributed by atoms with van der Waals surface area (Å²) >= 11 is 10.2. The highest BCUT2D eigenvalue weighted by Gasteiger charge is 2.46. The van der Waals surface area contributed by atoms with Gasteiger partial charge in [0.15, 0.2) is 21.6 Å². The van der Waals surface area contributed by atoms with Gasteiger partial charge in [0.1, 0.15) is 0 Å². The summed E-state index contributed by atoms with van der Waals surface area (Å²) in [6.45, 7) is 4.56. The summed E-state index contributed by atoms with van der Waals surface area (Å²) in [4.78, 5) is 28.9. The lowest BCUT2D eigenvalue weighted by Gasteiger charge is -2.25. The molecule has 0 fully saturated rings. The van der Waals surface area contributed by atoms with Gasteiger partial charge in [0.05, 0.1) is 29.7 Å². The largest absolute Gasteiger partial charge is 0.503 e. The minimum Gasteiger partial charge on any atom is -0.503 e. The molecule has 4 aromatic rings. The van der Waals surface area contributed by atoms with Crippen molar-refractivity contribution < 1.29 is 24.2 Å². The van der Waals surface area contributed by atoms with Gasteiger partial charge in [0.25, 0.3) is 5.91 Å². The van der Waals surface area contributed by atoms with Crippen molar-refractivity contribution >= 4 is 62.9 Å². The number of nitrogens with zero attached hydrogens (tertiary/aromatic N) is 3. The van der Waals surface area contributed by atoms with Crippen LogP contribution in [0.3, 0.4) is 0 Å². The predicted molar refractivity (Wildman–Crippen MR) is 158 cm³/mol. The van der Waals surface area contributed by atoms with E-state index < -0.39 is 23.5 Å². The Morgan fingerprint density at radius 3 is 2.58 bits per heavy atom. The lowest BCUT2D eigenvalue weighted by molar-refractivity contribution is -0.117. The Morgan fingerprint density at radius 2 is 1.85 bits per heavy atom. The van der Waals surface area contributed by atoms with Crippen molar-refractivity contribution in [2.75, 3.05) is 18.1 Å². The number of Topliss-reactive ketones (excluding diaryl/α,β-unsaturated/α-hetero) is 1. The van der Waals surface area contributed by atoms with Gasteiger partial charge in [-0.05, 0) is 54.6 Å². The third-order valence-electron chi connectivity index (χ3n) is 5.99. The summed E-state index contributed by atoms with van der Waals surface area (Å²) in [5, 5.41) is 22.3. The predicted octanol–water partition coefficient (Wildman–Crippen LogP) is 7.13. The van der Waals surface area contributed by atoms with Crippen LogP contribution < -0.4 is 14.4 Å². The number of thioether (sulfide) groups is 1. The molecule has 0 aliphatic carbocycles. The normalized spacial score (nSPS) is 15.1. The van der Waals surface area contributed by atoms with Crippen molar-refractivity contribution in [3.63, 3.8) is 0 Å². The first-order valence-corrected chi connectivity index (χ1v) is 15.4. The number of aromatic nitrogens is 2. The van der Waals surface area contributed by atoms with Gasteiger partial charge in [0.2, 0.25) is 10.9 Å². The number of aliphatic hydroxyl groups excluding tert-OH is 1. The van der Waals surface area contributed by atoms with E-state index >= 15 is 0 Å². The van der Waals surface area contributed by atoms with Gasteiger partial charge in [-0.2, -0.15) is 0 Å². The third-order valence-corrected chi connectivity index (χ3v) is 9.33. The van der Waals surface area contributed by atoms with Crippen LogP contribution in [-0.2, 0) is 10.5 Å². The number of hydrogen-bond donors (Lipinski definition) is 1. The molecule has 1 aliphatic rings. The van der Waals surface area contributed by atoms with Crippen LogP contribution in [0.2, 0.25) is 5.02 Å². The molecule has 2 aromatic carbocycles. The van der Waals surface area contributed by atoms with Crippen molar-refractivity contribution in [2.24, 2.45) is 0 Å². The number of ether oxygens (including phenoxy) is 2. The number of ketones is 1. The Balaban J connectivity index is 1.54. The Morgan fingerprint density at radius 1 is 1.07 bits per heavy atom. The smallest absolute Gasteiger partial charge is 0.296 e. The van der Waals surface area contributed by atoms with Gasteiger partial charge in [-0.3, -0.25) is 14.5 Å². The molecular weight excluding hydrogens is 590 g/mol. The first-order valence-electron chi connectivity index (χ1n) is 12.4. The number of anilines is 1. The van der Waals surface area contributed by atoms with Crippen molar-refractivity contribution in [1.82, 2.24) is 10.2 Å². The Bertz CT molecular complexity index is 1570. The number of thiophene rings is 1. The third kappa shape index (κ3) is 5.60. The molecule has 12 heteroatoms. The summed E-state index contributed by atoms with van der Waals surface area (Å²) in [6, 6.07) is 15.2. The number of carbonyl (C=O) groups is 2. The van der Waals surface area contributed by atoms with Crippen LogP contribution in [0.4, 0.5) is 5.13 Å². The van der Waals surface area contributed by atoms with Crippen molar-refractivity contribution in [3.8, 4) is 11.5 Å². The van der Waals surface area contributed by atoms with E-state index in [0.717, 1.165) is 5.56 Å². The highest BCUT2D eigenvalue weighted by molar-refractivity contribution is 8.00. The second kappa shape index (κ2) is 12.4. The maximum Gasteiger partial charge on any atom is 0.296 e. The lowest BCUT2D eigenvalue weighted by atomic mass is 9.95. The van der Waals surface area contributed by atoms with Gasteiger partial charge in [-0.15, -0.1) is 21.5 Å². The number of rotatable bonds is 11.